The van der Waals surface area contributed by atoms with Crippen molar-refractivity contribution in [2.75, 3.05) is 5.32 Å². The Morgan fingerprint density at radius 2 is 2.00 bits per heavy atom. The van der Waals surface area contributed by atoms with Crippen LogP contribution in [-0.4, -0.2) is 15.0 Å². The molecule has 9 heteroatoms. The average Bonchev–Trinajstić information content (AvgIpc) is 2.57. The third-order valence-electron chi connectivity index (χ3n) is 3.25. The van der Waals surface area contributed by atoms with Gasteiger partial charge in [-0.1, -0.05) is 30.3 Å². The summed E-state index contributed by atoms with van der Waals surface area (Å²) in [6.45, 7) is 3.58. The van der Waals surface area contributed by atoms with Gasteiger partial charge in [-0.3, -0.25) is 4.98 Å². The Kier molecular flexibility index (Phi) is 4.66. The van der Waals surface area contributed by atoms with Gasteiger partial charge in [-0.25, -0.2) is 9.97 Å². The number of anilines is 2. The standard InChI is InChI=1S/C16H9BrClF3N4/c1-2-8-6-11-13(22-7-8)14(25-15(24-11)16(19,20)21)23-10-5-3-4-9(17)12(10)18/h2-7H,1H2,(H,23,24,25). The van der Waals surface area contributed by atoms with Gasteiger partial charge in [0.1, 0.15) is 5.52 Å². The quantitative estimate of drug-likeness (QED) is 0.568. The summed E-state index contributed by atoms with van der Waals surface area (Å²) in [7, 11) is 0. The topological polar surface area (TPSA) is 50.7 Å². The molecule has 1 aromatic carbocycles. The molecule has 0 spiro atoms. The molecule has 0 unspecified atom stereocenters. The van der Waals surface area contributed by atoms with Crippen molar-refractivity contribution >= 4 is 56.1 Å². The first-order valence-electron chi connectivity index (χ1n) is 6.88. The molecule has 1 N–H and O–H groups in total. The molecule has 4 nitrogen and oxygen atoms in total. The zero-order valence-electron chi connectivity index (χ0n) is 12.4. The Morgan fingerprint density at radius 1 is 1.24 bits per heavy atom. The Balaban J connectivity index is 2.21. The maximum atomic E-state index is 13.1. The van der Waals surface area contributed by atoms with E-state index in [0.717, 1.165) is 0 Å². The first-order chi connectivity index (χ1) is 11.8. The SMILES string of the molecule is C=Cc1cnc2c(Nc3cccc(Br)c3Cl)nc(C(F)(F)F)nc2c1. The van der Waals surface area contributed by atoms with E-state index in [1.165, 1.54) is 18.3 Å². The van der Waals surface area contributed by atoms with Crippen LogP contribution in [0.25, 0.3) is 17.1 Å². The summed E-state index contributed by atoms with van der Waals surface area (Å²) >= 11 is 9.43. The summed E-state index contributed by atoms with van der Waals surface area (Å²) in [5, 5.41) is 3.12. The molecule has 3 rings (SSSR count). The van der Waals surface area contributed by atoms with Crippen molar-refractivity contribution in [3.63, 3.8) is 0 Å². The van der Waals surface area contributed by atoms with Crippen LogP contribution in [0.15, 0.2) is 41.5 Å². The van der Waals surface area contributed by atoms with Crippen LogP contribution in [-0.2, 0) is 6.18 Å². The first-order valence-corrected chi connectivity index (χ1v) is 8.05. The summed E-state index contributed by atoms with van der Waals surface area (Å²) in [6.07, 6.45) is -1.75. The fourth-order valence-electron chi connectivity index (χ4n) is 2.09. The number of nitrogens with one attached hydrogen (secondary N) is 1. The Bertz CT molecular complexity index is 975. The highest BCUT2D eigenvalue weighted by Crippen LogP contribution is 2.35. The van der Waals surface area contributed by atoms with E-state index < -0.39 is 12.0 Å². The van der Waals surface area contributed by atoms with Gasteiger partial charge in [-0.2, -0.15) is 13.2 Å². The molecule has 0 aliphatic heterocycles. The van der Waals surface area contributed by atoms with Gasteiger partial charge in [-0.05, 0) is 39.7 Å². The van der Waals surface area contributed by atoms with Crippen molar-refractivity contribution in [3.05, 3.63) is 57.9 Å². The Morgan fingerprint density at radius 3 is 2.68 bits per heavy atom. The number of fused-ring (bicyclic) bond motifs is 1. The van der Waals surface area contributed by atoms with Crippen LogP contribution in [0.4, 0.5) is 24.7 Å². The molecular formula is C16H9BrClF3N4. The van der Waals surface area contributed by atoms with E-state index in [-0.39, 0.29) is 16.9 Å². The van der Waals surface area contributed by atoms with Crippen LogP contribution in [0.2, 0.25) is 5.02 Å². The molecular weight excluding hydrogens is 421 g/mol. The van der Waals surface area contributed by atoms with Crippen LogP contribution in [0, 0.1) is 0 Å². The second-order valence-corrected chi connectivity index (χ2v) is 6.19. The average molecular weight is 430 g/mol. The largest absolute Gasteiger partial charge is 0.451 e. The highest BCUT2D eigenvalue weighted by molar-refractivity contribution is 9.10. The minimum atomic E-state index is -4.70. The van der Waals surface area contributed by atoms with E-state index in [9.17, 15) is 13.2 Å². The predicted octanol–water partition coefficient (Wildman–Crippen LogP) is 5.85. The van der Waals surface area contributed by atoms with Crippen LogP contribution < -0.4 is 5.32 Å². The van der Waals surface area contributed by atoms with Crippen LogP contribution in [0.3, 0.4) is 0 Å². The van der Waals surface area contributed by atoms with E-state index in [4.69, 9.17) is 11.6 Å². The lowest BCUT2D eigenvalue weighted by Crippen LogP contribution is -2.13. The number of benzene rings is 1. The molecule has 0 saturated carbocycles. The van der Waals surface area contributed by atoms with Crippen LogP contribution >= 0.6 is 27.5 Å². The molecule has 2 heterocycles. The van der Waals surface area contributed by atoms with E-state index in [0.29, 0.717) is 20.7 Å². The smallest absolute Gasteiger partial charge is 0.337 e. The second kappa shape index (κ2) is 6.61. The summed E-state index contributed by atoms with van der Waals surface area (Å²) in [5.74, 6) is -1.36. The highest BCUT2D eigenvalue weighted by atomic mass is 79.9. The molecule has 0 saturated heterocycles. The number of hydrogen-bond donors (Lipinski definition) is 1. The van der Waals surface area contributed by atoms with Gasteiger partial charge in [0.05, 0.1) is 16.2 Å². The summed E-state index contributed by atoms with van der Waals surface area (Å²) in [6, 6.07) is 6.48. The predicted molar refractivity (Wildman–Crippen MR) is 94.9 cm³/mol. The normalized spacial score (nSPS) is 11.6. The Hall–Kier alpha value is -2.19. The van der Waals surface area contributed by atoms with Crippen molar-refractivity contribution in [1.82, 2.24) is 15.0 Å². The van der Waals surface area contributed by atoms with Crippen LogP contribution in [0.1, 0.15) is 11.4 Å². The van der Waals surface area contributed by atoms with Gasteiger partial charge in [0, 0.05) is 10.7 Å². The number of halogens is 5. The fraction of sp³-hybridized carbons (Fsp3) is 0.0625. The molecule has 0 amide bonds. The molecule has 0 atom stereocenters. The third-order valence-corrected chi connectivity index (χ3v) is 4.55. The van der Waals surface area contributed by atoms with E-state index in [1.54, 1.807) is 18.2 Å². The highest BCUT2D eigenvalue weighted by Gasteiger charge is 2.35. The maximum Gasteiger partial charge on any atom is 0.451 e. The Labute approximate surface area is 153 Å². The van der Waals surface area contributed by atoms with Crippen molar-refractivity contribution < 1.29 is 13.2 Å². The number of rotatable bonds is 3. The van der Waals surface area contributed by atoms with Crippen molar-refractivity contribution in [2.45, 2.75) is 6.18 Å². The minimum Gasteiger partial charge on any atom is -0.337 e. The minimum absolute atomic E-state index is 0.0494. The molecule has 0 aliphatic rings. The zero-order chi connectivity index (χ0) is 18.2. The number of alkyl halides is 3. The van der Waals surface area contributed by atoms with E-state index in [1.807, 2.05) is 0 Å². The maximum absolute atomic E-state index is 13.1. The van der Waals surface area contributed by atoms with Gasteiger partial charge in [0.15, 0.2) is 5.82 Å². The molecule has 0 fully saturated rings. The van der Waals surface area contributed by atoms with Gasteiger partial charge in [0.2, 0.25) is 5.82 Å². The fourth-order valence-corrected chi connectivity index (χ4v) is 2.63. The number of aromatic nitrogens is 3. The third kappa shape index (κ3) is 3.59. The molecule has 25 heavy (non-hydrogen) atoms. The van der Waals surface area contributed by atoms with E-state index in [2.05, 4.69) is 42.8 Å². The van der Waals surface area contributed by atoms with Gasteiger partial charge >= 0.3 is 6.18 Å². The van der Waals surface area contributed by atoms with E-state index >= 15 is 0 Å². The van der Waals surface area contributed by atoms with Gasteiger partial charge < -0.3 is 5.32 Å². The first kappa shape index (κ1) is 17.6. The number of pyridine rings is 1. The molecule has 128 valence electrons. The van der Waals surface area contributed by atoms with Gasteiger partial charge in [-0.15, -0.1) is 0 Å². The number of hydrogen-bond acceptors (Lipinski definition) is 4. The molecule has 0 radical (unpaired) electrons. The lowest BCUT2D eigenvalue weighted by atomic mass is 10.2. The summed E-state index contributed by atoms with van der Waals surface area (Å²) in [4.78, 5) is 11.3. The summed E-state index contributed by atoms with van der Waals surface area (Å²) in [5.41, 5.74) is 1.17. The lowest BCUT2D eigenvalue weighted by Gasteiger charge is -2.13. The van der Waals surface area contributed by atoms with Gasteiger partial charge in [0.25, 0.3) is 0 Å². The monoisotopic (exact) mass is 428 g/mol. The molecule has 2 aromatic heterocycles. The van der Waals surface area contributed by atoms with Crippen molar-refractivity contribution in [3.8, 4) is 0 Å². The summed E-state index contributed by atoms with van der Waals surface area (Å²) < 4.78 is 40.0. The second-order valence-electron chi connectivity index (χ2n) is 4.96. The molecule has 3 aromatic rings. The van der Waals surface area contributed by atoms with Crippen molar-refractivity contribution in [1.29, 1.82) is 0 Å². The van der Waals surface area contributed by atoms with Crippen LogP contribution in [0.5, 0.6) is 0 Å². The molecule has 0 bridgehead atoms. The molecule has 0 aliphatic carbocycles. The van der Waals surface area contributed by atoms with Crippen molar-refractivity contribution in [2.24, 2.45) is 0 Å². The zero-order valence-corrected chi connectivity index (χ0v) is 14.7. The lowest BCUT2D eigenvalue weighted by molar-refractivity contribution is -0.144. The number of nitrogens with zero attached hydrogens (tertiary/aromatic N) is 3.